The Morgan fingerprint density at radius 2 is 2.11 bits per heavy atom. The van der Waals surface area contributed by atoms with Crippen LogP contribution < -0.4 is 9.80 Å². The molecule has 19 heavy (non-hydrogen) atoms. The maximum absolute atomic E-state index is 5.36. The van der Waals surface area contributed by atoms with E-state index in [2.05, 4.69) is 41.9 Å². The van der Waals surface area contributed by atoms with E-state index >= 15 is 0 Å². The Kier molecular flexibility index (Phi) is 4.24. The second kappa shape index (κ2) is 6.11. The van der Waals surface area contributed by atoms with E-state index in [1.54, 1.807) is 0 Å². The molecule has 7 heteroatoms. The monoisotopic (exact) mass is 342 g/mol. The molecule has 0 spiro atoms. The van der Waals surface area contributed by atoms with Crippen LogP contribution in [0.5, 0.6) is 0 Å². The molecule has 102 valence electrons. The van der Waals surface area contributed by atoms with Crippen LogP contribution in [0.2, 0.25) is 0 Å². The van der Waals surface area contributed by atoms with E-state index in [9.17, 15) is 0 Å². The highest BCUT2D eigenvalue weighted by Gasteiger charge is 2.17. The van der Waals surface area contributed by atoms with E-state index in [0.29, 0.717) is 0 Å². The van der Waals surface area contributed by atoms with E-state index in [-0.39, 0.29) is 0 Å². The molecule has 0 atom stereocenters. The molecule has 1 aromatic heterocycles. The quantitative estimate of drug-likeness (QED) is 0.819. The zero-order valence-electron chi connectivity index (χ0n) is 10.5. The lowest BCUT2D eigenvalue weighted by Gasteiger charge is -2.28. The fourth-order valence-electron chi connectivity index (χ4n) is 2.06. The van der Waals surface area contributed by atoms with Gasteiger partial charge in [-0.25, -0.2) is 4.98 Å². The number of anilines is 2. The molecule has 1 aromatic rings. The normalized spacial score (nSPS) is 20.4. The summed E-state index contributed by atoms with van der Waals surface area (Å²) in [6.07, 6.45) is 3.91. The predicted octanol–water partition coefficient (Wildman–Crippen LogP) is 2.06. The summed E-state index contributed by atoms with van der Waals surface area (Å²) in [4.78, 5) is 13.4. The highest BCUT2D eigenvalue weighted by molar-refractivity contribution is 9.14. The number of morpholine rings is 1. The summed E-state index contributed by atoms with van der Waals surface area (Å²) < 4.78 is 6.50. The molecule has 3 rings (SSSR count). The molecular weight excluding hydrogens is 328 g/mol. The van der Waals surface area contributed by atoms with E-state index in [1.807, 2.05) is 24.0 Å². The van der Waals surface area contributed by atoms with Gasteiger partial charge in [0.2, 0.25) is 5.95 Å². The number of nitrogens with zero attached hydrogens (tertiary/aromatic N) is 4. The second-order valence-corrected chi connectivity index (χ2v) is 6.81. The smallest absolute Gasteiger partial charge is 0.227 e. The Labute approximate surface area is 125 Å². The van der Waals surface area contributed by atoms with Crippen molar-refractivity contribution in [2.45, 2.75) is 0 Å². The third-order valence-corrected chi connectivity index (χ3v) is 4.71. The summed E-state index contributed by atoms with van der Waals surface area (Å²) >= 11 is 5.35. The topological polar surface area (TPSA) is 41.5 Å². The molecule has 0 radical (unpaired) electrons. The van der Waals surface area contributed by atoms with Crippen LogP contribution in [0, 0.1) is 0 Å². The molecule has 1 saturated heterocycles. The highest BCUT2D eigenvalue weighted by Crippen LogP contribution is 2.29. The van der Waals surface area contributed by atoms with Gasteiger partial charge in [-0.15, -0.1) is 11.8 Å². The van der Waals surface area contributed by atoms with Crippen molar-refractivity contribution in [2.75, 3.05) is 48.4 Å². The van der Waals surface area contributed by atoms with Crippen LogP contribution in [0.15, 0.2) is 22.3 Å². The van der Waals surface area contributed by atoms with E-state index in [0.717, 1.165) is 54.2 Å². The summed E-state index contributed by atoms with van der Waals surface area (Å²) in [6, 6.07) is 1.96. The molecule has 0 N–H and O–H groups in total. The SMILES string of the molecule is BrC1=CN(c2ccnc(N3CCOCC3)n2)CCS1. The Hall–Kier alpha value is -0.790. The first-order valence-corrected chi connectivity index (χ1v) is 8.03. The molecular formula is C12H15BrN4OS. The predicted molar refractivity (Wildman–Crippen MR) is 81.9 cm³/mol. The Morgan fingerprint density at radius 1 is 1.26 bits per heavy atom. The van der Waals surface area contributed by atoms with Crippen LogP contribution in [-0.4, -0.2) is 48.6 Å². The number of hydrogen-bond acceptors (Lipinski definition) is 6. The van der Waals surface area contributed by atoms with Crippen LogP contribution in [0.3, 0.4) is 0 Å². The van der Waals surface area contributed by atoms with Crippen molar-refractivity contribution in [1.29, 1.82) is 0 Å². The van der Waals surface area contributed by atoms with Gasteiger partial charge in [0.15, 0.2) is 0 Å². The van der Waals surface area contributed by atoms with Crippen LogP contribution in [0.25, 0.3) is 0 Å². The second-order valence-electron chi connectivity index (χ2n) is 4.29. The van der Waals surface area contributed by atoms with Crippen LogP contribution in [0.4, 0.5) is 11.8 Å². The number of ether oxygens (including phenoxy) is 1. The Balaban J connectivity index is 1.81. The van der Waals surface area contributed by atoms with E-state index in [4.69, 9.17) is 4.74 Å². The fraction of sp³-hybridized carbons (Fsp3) is 0.500. The van der Waals surface area contributed by atoms with Crippen molar-refractivity contribution in [1.82, 2.24) is 9.97 Å². The number of halogens is 1. The lowest BCUT2D eigenvalue weighted by atomic mass is 10.4. The van der Waals surface area contributed by atoms with E-state index in [1.165, 1.54) is 0 Å². The molecule has 0 bridgehead atoms. The standard InChI is InChI=1S/C12H15BrN4OS/c13-10-9-17(5-8-19-10)11-1-2-14-12(15-11)16-3-6-18-7-4-16/h1-2,9H,3-8H2. The first-order chi connectivity index (χ1) is 9.33. The molecule has 1 fully saturated rings. The number of thioether (sulfide) groups is 1. The molecule has 5 nitrogen and oxygen atoms in total. The minimum absolute atomic E-state index is 0.749. The highest BCUT2D eigenvalue weighted by atomic mass is 79.9. The van der Waals surface area contributed by atoms with Crippen molar-refractivity contribution >= 4 is 39.5 Å². The van der Waals surface area contributed by atoms with Gasteiger partial charge in [-0.1, -0.05) is 0 Å². The largest absolute Gasteiger partial charge is 0.378 e. The zero-order chi connectivity index (χ0) is 13.1. The lowest BCUT2D eigenvalue weighted by Crippen LogP contribution is -2.37. The fourth-order valence-corrected chi connectivity index (χ4v) is 3.48. The van der Waals surface area contributed by atoms with Gasteiger partial charge in [0, 0.05) is 37.8 Å². The minimum atomic E-state index is 0.749. The zero-order valence-corrected chi connectivity index (χ0v) is 12.9. The van der Waals surface area contributed by atoms with Crippen LogP contribution >= 0.6 is 27.7 Å². The summed E-state index contributed by atoms with van der Waals surface area (Å²) in [7, 11) is 0. The first-order valence-electron chi connectivity index (χ1n) is 6.25. The van der Waals surface area contributed by atoms with Gasteiger partial charge in [0.1, 0.15) is 5.82 Å². The number of aromatic nitrogens is 2. The maximum Gasteiger partial charge on any atom is 0.227 e. The van der Waals surface area contributed by atoms with Crippen molar-refractivity contribution in [3.8, 4) is 0 Å². The average Bonchev–Trinajstić information content (AvgIpc) is 2.48. The van der Waals surface area contributed by atoms with Crippen molar-refractivity contribution < 1.29 is 4.74 Å². The molecule has 0 amide bonds. The molecule has 0 saturated carbocycles. The van der Waals surface area contributed by atoms with E-state index < -0.39 is 0 Å². The van der Waals surface area contributed by atoms with Gasteiger partial charge in [-0.2, -0.15) is 4.98 Å². The van der Waals surface area contributed by atoms with Gasteiger partial charge >= 0.3 is 0 Å². The van der Waals surface area contributed by atoms with Crippen molar-refractivity contribution in [3.63, 3.8) is 0 Å². The van der Waals surface area contributed by atoms with Gasteiger partial charge in [0.05, 0.1) is 17.0 Å². The van der Waals surface area contributed by atoms with Gasteiger partial charge in [0.25, 0.3) is 0 Å². The molecule has 0 aromatic carbocycles. The van der Waals surface area contributed by atoms with Crippen molar-refractivity contribution in [3.05, 3.63) is 22.3 Å². The molecule has 2 aliphatic rings. The minimum Gasteiger partial charge on any atom is -0.378 e. The van der Waals surface area contributed by atoms with Gasteiger partial charge < -0.3 is 14.5 Å². The summed E-state index contributed by atoms with van der Waals surface area (Å²) in [5.41, 5.74) is 0. The van der Waals surface area contributed by atoms with Crippen LogP contribution in [-0.2, 0) is 4.74 Å². The summed E-state index contributed by atoms with van der Waals surface area (Å²) in [5.74, 6) is 2.81. The summed E-state index contributed by atoms with van der Waals surface area (Å²) in [5, 5.41) is 0. The van der Waals surface area contributed by atoms with Crippen molar-refractivity contribution in [2.24, 2.45) is 0 Å². The first kappa shape index (κ1) is 13.2. The lowest BCUT2D eigenvalue weighted by molar-refractivity contribution is 0.122. The van der Waals surface area contributed by atoms with Gasteiger partial charge in [-0.3, -0.25) is 0 Å². The Bertz CT molecular complexity index is 479. The third kappa shape index (κ3) is 3.21. The average molecular weight is 343 g/mol. The number of rotatable bonds is 2. The maximum atomic E-state index is 5.36. The van der Waals surface area contributed by atoms with Crippen LogP contribution in [0.1, 0.15) is 0 Å². The third-order valence-electron chi connectivity index (χ3n) is 3.05. The summed E-state index contributed by atoms with van der Waals surface area (Å²) in [6.45, 7) is 4.19. The molecule has 0 aliphatic carbocycles. The molecule has 2 aliphatic heterocycles. The molecule has 0 unspecified atom stereocenters. The Morgan fingerprint density at radius 3 is 2.89 bits per heavy atom. The van der Waals surface area contributed by atoms with Gasteiger partial charge in [-0.05, 0) is 22.0 Å². The number of hydrogen-bond donors (Lipinski definition) is 0. The molecule has 3 heterocycles.